The molecule has 2 atom stereocenters. The summed E-state index contributed by atoms with van der Waals surface area (Å²) < 4.78 is 5.90. The van der Waals surface area contributed by atoms with E-state index in [4.69, 9.17) is 10.5 Å². The van der Waals surface area contributed by atoms with Gasteiger partial charge in [-0.15, -0.1) is 0 Å². The summed E-state index contributed by atoms with van der Waals surface area (Å²) in [4.78, 5) is 41.6. The van der Waals surface area contributed by atoms with Crippen LogP contribution in [-0.4, -0.2) is 41.1 Å². The summed E-state index contributed by atoms with van der Waals surface area (Å²) in [5.74, 6) is 1.10. The zero-order valence-electron chi connectivity index (χ0n) is 23.4. The van der Waals surface area contributed by atoms with Crippen molar-refractivity contribution in [1.29, 1.82) is 0 Å². The summed E-state index contributed by atoms with van der Waals surface area (Å²) in [6.45, 7) is 0.850. The van der Waals surface area contributed by atoms with Gasteiger partial charge in [0.2, 0.25) is 11.8 Å². The lowest BCUT2D eigenvalue weighted by Crippen LogP contribution is -2.63. The molecule has 4 aromatic rings. The third-order valence-electron chi connectivity index (χ3n) is 7.46. The van der Waals surface area contributed by atoms with E-state index in [0.717, 1.165) is 29.7 Å². The van der Waals surface area contributed by atoms with Gasteiger partial charge in [0.1, 0.15) is 23.6 Å². The first-order valence-electron chi connectivity index (χ1n) is 14.3. The normalized spacial score (nSPS) is 16.6. The van der Waals surface area contributed by atoms with Gasteiger partial charge in [0.15, 0.2) is 5.78 Å². The standard InChI is InChI=1S/C35H35N3O4/c36-22-8-7-13-32-34(40)37-31(23-25-14-18-28(19-15-25)33(39)27-9-3-1-4-10-27)35(41)38(32)24-26-16-20-30(21-17-26)42-29-11-5-2-6-12-29/h1-6,9-12,14-21,31-32H,7-8,13,22-24,36H2,(H,37,40). The Labute approximate surface area is 246 Å². The quantitative estimate of drug-likeness (QED) is 0.181. The molecule has 5 rings (SSSR count). The number of para-hydroxylation sites is 1. The number of hydrogen-bond donors (Lipinski definition) is 2. The Morgan fingerprint density at radius 3 is 2.00 bits per heavy atom. The van der Waals surface area contributed by atoms with Gasteiger partial charge in [0.05, 0.1) is 0 Å². The van der Waals surface area contributed by atoms with E-state index in [-0.39, 0.29) is 17.6 Å². The van der Waals surface area contributed by atoms with E-state index in [1.807, 2.05) is 84.9 Å². The third kappa shape index (κ3) is 7.11. The van der Waals surface area contributed by atoms with Crippen molar-refractivity contribution in [3.8, 4) is 11.5 Å². The first kappa shape index (κ1) is 28.8. The number of rotatable bonds is 12. The summed E-state index contributed by atoms with van der Waals surface area (Å²) in [7, 11) is 0. The lowest BCUT2D eigenvalue weighted by Gasteiger charge is -2.39. The minimum atomic E-state index is -0.695. The summed E-state index contributed by atoms with van der Waals surface area (Å²) in [6.07, 6.45) is 2.42. The molecule has 4 aromatic carbocycles. The molecule has 1 heterocycles. The topological polar surface area (TPSA) is 102 Å². The SMILES string of the molecule is NCCCCC1C(=O)NC(Cc2ccc(C(=O)c3ccccc3)cc2)C(=O)N1Cc1ccc(Oc2ccccc2)cc1. The number of hydrogen-bond acceptors (Lipinski definition) is 5. The van der Waals surface area contributed by atoms with E-state index in [9.17, 15) is 14.4 Å². The zero-order valence-corrected chi connectivity index (χ0v) is 23.4. The fourth-order valence-corrected chi connectivity index (χ4v) is 5.19. The smallest absolute Gasteiger partial charge is 0.246 e. The van der Waals surface area contributed by atoms with Crippen molar-refractivity contribution in [1.82, 2.24) is 10.2 Å². The number of nitrogens with zero attached hydrogens (tertiary/aromatic N) is 1. The number of benzene rings is 4. The highest BCUT2D eigenvalue weighted by Gasteiger charge is 2.40. The molecule has 0 radical (unpaired) electrons. The van der Waals surface area contributed by atoms with E-state index in [1.165, 1.54) is 0 Å². The summed E-state index contributed by atoms with van der Waals surface area (Å²) in [5, 5.41) is 2.96. The Kier molecular flexibility index (Phi) is 9.41. The molecule has 1 aliphatic rings. The van der Waals surface area contributed by atoms with Crippen LogP contribution in [0.1, 0.15) is 46.3 Å². The molecule has 1 aliphatic heterocycles. The third-order valence-corrected chi connectivity index (χ3v) is 7.46. The number of ketones is 1. The van der Waals surface area contributed by atoms with Gasteiger partial charge in [0.25, 0.3) is 0 Å². The molecular formula is C35H35N3O4. The molecule has 0 spiro atoms. The molecule has 2 unspecified atom stereocenters. The molecule has 7 heteroatoms. The molecule has 1 fully saturated rings. The number of nitrogens with one attached hydrogen (secondary N) is 1. The minimum absolute atomic E-state index is 0.0594. The average molecular weight is 562 g/mol. The largest absolute Gasteiger partial charge is 0.457 e. The fourth-order valence-electron chi connectivity index (χ4n) is 5.19. The van der Waals surface area contributed by atoms with Crippen molar-refractivity contribution in [2.45, 2.75) is 44.3 Å². The first-order valence-corrected chi connectivity index (χ1v) is 14.3. The van der Waals surface area contributed by atoms with E-state index in [1.54, 1.807) is 29.2 Å². The Bertz CT molecular complexity index is 1490. The molecule has 0 bridgehead atoms. The van der Waals surface area contributed by atoms with E-state index >= 15 is 0 Å². The van der Waals surface area contributed by atoms with Crippen LogP contribution in [0.5, 0.6) is 11.5 Å². The number of carbonyl (C=O) groups excluding carboxylic acids is 3. The lowest BCUT2D eigenvalue weighted by atomic mass is 9.95. The van der Waals surface area contributed by atoms with Gasteiger partial charge < -0.3 is 20.7 Å². The monoisotopic (exact) mass is 561 g/mol. The molecule has 214 valence electrons. The minimum Gasteiger partial charge on any atom is -0.457 e. The van der Waals surface area contributed by atoms with Gasteiger partial charge in [-0.1, -0.05) is 84.9 Å². The van der Waals surface area contributed by atoms with E-state index < -0.39 is 12.1 Å². The van der Waals surface area contributed by atoms with Crippen LogP contribution in [0.2, 0.25) is 0 Å². The second kappa shape index (κ2) is 13.7. The number of ether oxygens (including phenoxy) is 1. The van der Waals surface area contributed by atoms with Crippen LogP contribution in [-0.2, 0) is 22.6 Å². The van der Waals surface area contributed by atoms with Gasteiger partial charge in [-0.25, -0.2) is 0 Å². The molecule has 3 N–H and O–H groups in total. The van der Waals surface area contributed by atoms with Crippen LogP contribution in [0.15, 0.2) is 109 Å². The molecule has 0 saturated carbocycles. The molecule has 0 aliphatic carbocycles. The van der Waals surface area contributed by atoms with E-state index in [0.29, 0.717) is 42.8 Å². The maximum atomic E-state index is 13.8. The van der Waals surface area contributed by atoms with Crippen LogP contribution < -0.4 is 15.8 Å². The number of unbranched alkanes of at least 4 members (excludes halogenated alkanes) is 1. The Hall–Kier alpha value is -4.75. The van der Waals surface area contributed by atoms with Crippen molar-refractivity contribution in [3.63, 3.8) is 0 Å². The maximum absolute atomic E-state index is 13.8. The van der Waals surface area contributed by atoms with Crippen molar-refractivity contribution in [2.75, 3.05) is 6.54 Å². The van der Waals surface area contributed by atoms with Gasteiger partial charge in [-0.3, -0.25) is 14.4 Å². The number of piperazine rings is 1. The van der Waals surface area contributed by atoms with Crippen molar-refractivity contribution in [2.24, 2.45) is 5.73 Å². The number of amides is 2. The van der Waals surface area contributed by atoms with Crippen LogP contribution in [0.4, 0.5) is 0 Å². The van der Waals surface area contributed by atoms with Crippen LogP contribution in [0, 0.1) is 0 Å². The van der Waals surface area contributed by atoms with Crippen LogP contribution in [0.3, 0.4) is 0 Å². The number of nitrogens with two attached hydrogens (primary N) is 1. The Morgan fingerprint density at radius 1 is 0.738 bits per heavy atom. The van der Waals surface area contributed by atoms with Gasteiger partial charge in [-0.05, 0) is 61.2 Å². The molecule has 42 heavy (non-hydrogen) atoms. The predicted octanol–water partition coefficient (Wildman–Crippen LogP) is 5.28. The Morgan fingerprint density at radius 2 is 1.33 bits per heavy atom. The van der Waals surface area contributed by atoms with Crippen LogP contribution >= 0.6 is 0 Å². The highest BCUT2D eigenvalue weighted by atomic mass is 16.5. The van der Waals surface area contributed by atoms with E-state index in [2.05, 4.69) is 5.32 Å². The molecule has 0 aromatic heterocycles. The Balaban J connectivity index is 1.29. The average Bonchev–Trinajstić information content (AvgIpc) is 3.03. The van der Waals surface area contributed by atoms with Crippen molar-refractivity contribution in [3.05, 3.63) is 131 Å². The van der Waals surface area contributed by atoms with Gasteiger partial charge in [-0.2, -0.15) is 0 Å². The van der Waals surface area contributed by atoms with Crippen molar-refractivity contribution < 1.29 is 19.1 Å². The molecule has 2 amide bonds. The molecule has 1 saturated heterocycles. The summed E-state index contributed by atoms with van der Waals surface area (Å²) >= 11 is 0. The summed E-state index contributed by atoms with van der Waals surface area (Å²) in [6, 6.07) is 32.2. The van der Waals surface area contributed by atoms with Gasteiger partial charge in [0, 0.05) is 24.1 Å². The van der Waals surface area contributed by atoms with Gasteiger partial charge >= 0.3 is 0 Å². The zero-order chi connectivity index (χ0) is 29.3. The highest BCUT2D eigenvalue weighted by Crippen LogP contribution is 2.25. The highest BCUT2D eigenvalue weighted by molar-refractivity contribution is 6.09. The molecule has 7 nitrogen and oxygen atoms in total. The number of carbonyl (C=O) groups is 3. The van der Waals surface area contributed by atoms with Crippen LogP contribution in [0.25, 0.3) is 0 Å². The summed E-state index contributed by atoms with van der Waals surface area (Å²) in [5.41, 5.74) is 8.66. The molecular weight excluding hydrogens is 526 g/mol. The lowest BCUT2D eigenvalue weighted by molar-refractivity contribution is -0.150. The van der Waals surface area contributed by atoms with Crippen molar-refractivity contribution >= 4 is 17.6 Å². The first-order chi connectivity index (χ1) is 20.5. The fraction of sp³-hybridized carbons (Fsp3) is 0.229. The maximum Gasteiger partial charge on any atom is 0.246 e. The second-order valence-electron chi connectivity index (χ2n) is 10.5. The second-order valence-corrected chi connectivity index (χ2v) is 10.5. The predicted molar refractivity (Wildman–Crippen MR) is 162 cm³/mol.